The monoisotopic (exact) mass is 409 g/mol. The Labute approximate surface area is 174 Å². The van der Waals surface area contributed by atoms with Crippen molar-refractivity contribution in [1.29, 1.82) is 0 Å². The van der Waals surface area contributed by atoms with E-state index >= 15 is 0 Å². The van der Waals surface area contributed by atoms with Crippen LogP contribution in [0.4, 0.5) is 11.4 Å². The van der Waals surface area contributed by atoms with Crippen molar-refractivity contribution in [3.63, 3.8) is 0 Å². The van der Waals surface area contributed by atoms with Gasteiger partial charge in [0.15, 0.2) is 11.6 Å². The zero-order valence-corrected chi connectivity index (χ0v) is 17.5. The molecule has 1 unspecified atom stereocenters. The van der Waals surface area contributed by atoms with Gasteiger partial charge < -0.3 is 15.1 Å². The normalized spacial score (nSPS) is 16.2. The molecule has 2 heterocycles. The average molecular weight is 410 g/mol. The average Bonchev–Trinajstić information content (AvgIpc) is 3.34. The zero-order chi connectivity index (χ0) is 20.4. The molecule has 29 heavy (non-hydrogen) atoms. The number of anilines is 2. The molecule has 0 spiro atoms. The number of thiazole rings is 1. The van der Waals surface area contributed by atoms with Crippen molar-refractivity contribution < 1.29 is 14.5 Å². The molecule has 4 rings (SSSR count). The Kier molecular flexibility index (Phi) is 5.60. The minimum Gasteiger partial charge on any atom is -0.322 e. The predicted molar refractivity (Wildman–Crippen MR) is 116 cm³/mol. The van der Waals surface area contributed by atoms with E-state index in [1.807, 2.05) is 49.5 Å². The van der Waals surface area contributed by atoms with Gasteiger partial charge in [-0.1, -0.05) is 12.1 Å². The van der Waals surface area contributed by atoms with Gasteiger partial charge in [-0.25, -0.2) is 4.98 Å². The number of carbonyl (C=O) groups is 2. The van der Waals surface area contributed by atoms with Gasteiger partial charge in [0, 0.05) is 24.3 Å². The van der Waals surface area contributed by atoms with Crippen LogP contribution in [0.3, 0.4) is 0 Å². The van der Waals surface area contributed by atoms with E-state index in [1.165, 1.54) is 4.70 Å². The van der Waals surface area contributed by atoms with Gasteiger partial charge in [0.1, 0.15) is 6.04 Å². The number of likely N-dealkylation sites (N-methyl/N-ethyl adjacent to an activating group) is 1. The van der Waals surface area contributed by atoms with Crippen LogP contribution in [-0.2, 0) is 9.59 Å². The number of hydrogen-bond donors (Lipinski definition) is 2. The molecule has 1 aromatic heterocycles. The highest BCUT2D eigenvalue weighted by molar-refractivity contribution is 7.18. The maximum absolute atomic E-state index is 12.5. The van der Waals surface area contributed by atoms with Crippen LogP contribution in [0.15, 0.2) is 48.5 Å². The molecule has 1 saturated heterocycles. The van der Waals surface area contributed by atoms with Gasteiger partial charge in [-0.3, -0.25) is 9.59 Å². The van der Waals surface area contributed by atoms with Gasteiger partial charge in [-0.15, -0.1) is 11.3 Å². The van der Waals surface area contributed by atoms with Crippen molar-refractivity contribution in [3.8, 4) is 0 Å². The van der Waals surface area contributed by atoms with Crippen LogP contribution in [-0.4, -0.2) is 36.9 Å². The van der Waals surface area contributed by atoms with E-state index in [0.717, 1.165) is 39.8 Å². The summed E-state index contributed by atoms with van der Waals surface area (Å²) in [4.78, 5) is 31.9. The maximum Gasteiger partial charge on any atom is 0.279 e. The molecule has 0 bridgehead atoms. The molecule has 1 aliphatic heterocycles. The molecule has 1 aliphatic rings. The second kappa shape index (κ2) is 8.31. The number of benzene rings is 2. The maximum atomic E-state index is 12.5. The topological polar surface area (TPSA) is 66.7 Å². The number of para-hydroxylation sites is 1. The molecule has 2 amide bonds. The van der Waals surface area contributed by atoms with E-state index < -0.39 is 0 Å². The molecule has 0 radical (unpaired) electrons. The highest BCUT2D eigenvalue weighted by Crippen LogP contribution is 2.25. The van der Waals surface area contributed by atoms with E-state index in [9.17, 15) is 9.59 Å². The van der Waals surface area contributed by atoms with Crippen molar-refractivity contribution in [2.75, 3.05) is 30.4 Å². The molecule has 2 N–H and O–H groups in total. The number of quaternary nitrogens is 1. The van der Waals surface area contributed by atoms with Crippen LogP contribution in [0.5, 0.6) is 0 Å². The molecule has 3 aromatic rings. The molecule has 150 valence electrons. The van der Waals surface area contributed by atoms with Crippen LogP contribution < -0.4 is 15.1 Å². The largest absolute Gasteiger partial charge is 0.322 e. The van der Waals surface area contributed by atoms with E-state index in [4.69, 9.17) is 4.98 Å². The molecular formula is C22H25N4O2S+. The van der Waals surface area contributed by atoms with Gasteiger partial charge >= 0.3 is 0 Å². The molecule has 0 aliphatic carbocycles. The number of hydrogen-bond acceptors (Lipinski definition) is 4. The second-order valence-electron chi connectivity index (χ2n) is 7.51. The Balaban J connectivity index is 1.35. The van der Waals surface area contributed by atoms with Gasteiger partial charge in [0.05, 0.1) is 17.3 Å². The lowest BCUT2D eigenvalue weighted by Gasteiger charge is -2.19. The first-order valence-corrected chi connectivity index (χ1v) is 10.7. The van der Waals surface area contributed by atoms with Gasteiger partial charge in [0.25, 0.3) is 5.91 Å². The summed E-state index contributed by atoms with van der Waals surface area (Å²) in [5, 5.41) is 3.99. The molecular weight excluding hydrogens is 384 g/mol. The third-order valence-electron chi connectivity index (χ3n) is 5.40. The number of nitrogens with one attached hydrogen (secondary N) is 2. The minimum atomic E-state index is -0.0412. The summed E-state index contributed by atoms with van der Waals surface area (Å²) in [6.07, 6.45) is 1.51. The number of fused-ring (bicyclic) bond motifs is 1. The Bertz CT molecular complexity index is 998. The van der Waals surface area contributed by atoms with Gasteiger partial charge in [0.2, 0.25) is 5.91 Å². The van der Waals surface area contributed by atoms with Crippen LogP contribution in [0.25, 0.3) is 10.2 Å². The second-order valence-corrected chi connectivity index (χ2v) is 8.57. The zero-order valence-electron chi connectivity index (χ0n) is 16.6. The predicted octanol–water partition coefficient (Wildman–Crippen LogP) is 2.64. The quantitative estimate of drug-likeness (QED) is 0.658. The lowest BCUT2D eigenvalue weighted by Crippen LogP contribution is -3.10. The molecule has 7 heteroatoms. The Hall–Kier alpha value is -2.77. The fourth-order valence-corrected chi connectivity index (χ4v) is 4.66. The van der Waals surface area contributed by atoms with Gasteiger partial charge in [-0.05, 0) is 49.7 Å². The van der Waals surface area contributed by atoms with Crippen molar-refractivity contribution in [1.82, 2.24) is 4.98 Å². The van der Waals surface area contributed by atoms with E-state index in [2.05, 4.69) is 18.3 Å². The summed E-state index contributed by atoms with van der Waals surface area (Å²) in [5.41, 5.74) is 2.64. The Morgan fingerprint density at radius 1 is 1.24 bits per heavy atom. The summed E-state index contributed by atoms with van der Waals surface area (Å²) in [6, 6.07) is 15.7. The first-order chi connectivity index (χ1) is 14.0. The molecule has 0 saturated carbocycles. The third kappa shape index (κ3) is 4.31. The highest BCUT2D eigenvalue weighted by Gasteiger charge is 2.23. The summed E-state index contributed by atoms with van der Waals surface area (Å²) >= 11 is 1.68. The third-order valence-corrected chi connectivity index (χ3v) is 6.61. The molecule has 2 aromatic carbocycles. The minimum absolute atomic E-state index is 0.0412. The Morgan fingerprint density at radius 2 is 2.00 bits per heavy atom. The number of carbonyl (C=O) groups excluding carboxylic acids is 2. The first-order valence-electron chi connectivity index (χ1n) is 9.89. The Morgan fingerprint density at radius 3 is 2.69 bits per heavy atom. The molecule has 6 nitrogen and oxygen atoms in total. The highest BCUT2D eigenvalue weighted by atomic mass is 32.1. The fourth-order valence-electron chi connectivity index (χ4n) is 3.54. The number of amides is 2. The standard InChI is InChI=1S/C22H24N4O2S/c1-15(22-24-18-6-3-4-7-19(18)29-22)25(2)14-20(27)23-16-9-11-17(12-10-16)26-13-5-8-21(26)28/h3-4,6-7,9-12,15H,5,8,13-14H2,1-2H3,(H,23,27)/p+1/t15-/m1/s1. The van der Waals surface area contributed by atoms with E-state index in [0.29, 0.717) is 13.0 Å². The van der Waals surface area contributed by atoms with Crippen LogP contribution >= 0.6 is 11.3 Å². The van der Waals surface area contributed by atoms with Crippen molar-refractivity contribution >= 4 is 44.7 Å². The lowest BCUT2D eigenvalue weighted by molar-refractivity contribution is -0.902. The van der Waals surface area contributed by atoms with E-state index in [-0.39, 0.29) is 17.9 Å². The fraction of sp³-hybridized carbons (Fsp3) is 0.318. The summed E-state index contributed by atoms with van der Waals surface area (Å²) in [6.45, 7) is 3.22. The van der Waals surface area contributed by atoms with Crippen molar-refractivity contribution in [2.45, 2.75) is 25.8 Å². The molecule has 2 atom stereocenters. The van der Waals surface area contributed by atoms with Crippen LogP contribution in [0.2, 0.25) is 0 Å². The van der Waals surface area contributed by atoms with Gasteiger partial charge in [-0.2, -0.15) is 0 Å². The number of aromatic nitrogens is 1. The first kappa shape index (κ1) is 19.5. The SMILES string of the molecule is C[C@H](c1nc2ccccc2s1)[NH+](C)CC(=O)Nc1ccc(N2CCCC2=O)cc1. The summed E-state index contributed by atoms with van der Waals surface area (Å²) < 4.78 is 1.17. The number of nitrogens with zero attached hydrogens (tertiary/aromatic N) is 2. The summed E-state index contributed by atoms with van der Waals surface area (Å²) in [7, 11) is 2.01. The summed E-state index contributed by atoms with van der Waals surface area (Å²) in [5.74, 6) is 0.122. The van der Waals surface area contributed by atoms with Crippen molar-refractivity contribution in [3.05, 3.63) is 53.5 Å². The number of rotatable bonds is 6. The van der Waals surface area contributed by atoms with Crippen LogP contribution in [0.1, 0.15) is 30.8 Å². The molecule has 1 fully saturated rings. The van der Waals surface area contributed by atoms with Crippen LogP contribution in [0, 0.1) is 0 Å². The lowest BCUT2D eigenvalue weighted by atomic mass is 10.2. The van der Waals surface area contributed by atoms with Crippen molar-refractivity contribution in [2.24, 2.45) is 0 Å². The van der Waals surface area contributed by atoms with E-state index in [1.54, 1.807) is 16.2 Å². The smallest absolute Gasteiger partial charge is 0.279 e.